The Kier molecular flexibility index (Phi) is 2.77. The largest absolute Gasteiger partial charge is 0.332 e. The first-order chi connectivity index (χ1) is 6.74. The molecule has 1 aromatic rings. The first-order valence-corrected chi connectivity index (χ1v) is 5.69. The number of aryl methyl sites for hydroxylation is 1. The van der Waals surface area contributed by atoms with E-state index in [4.69, 9.17) is 0 Å². The van der Waals surface area contributed by atoms with E-state index >= 15 is 0 Å². The van der Waals surface area contributed by atoms with Crippen LogP contribution in [0.4, 0.5) is 5.69 Å². The van der Waals surface area contributed by atoms with E-state index < -0.39 is 0 Å². The van der Waals surface area contributed by atoms with Crippen LogP contribution in [0.1, 0.15) is 13.3 Å². The van der Waals surface area contributed by atoms with Gasteiger partial charge >= 0.3 is 0 Å². The van der Waals surface area contributed by atoms with Crippen LogP contribution in [0.3, 0.4) is 0 Å². The number of nitrogens with one attached hydrogen (secondary N) is 1. The second-order valence-corrected chi connectivity index (χ2v) is 4.53. The van der Waals surface area contributed by atoms with Crippen molar-refractivity contribution < 1.29 is 0 Å². The van der Waals surface area contributed by atoms with Crippen molar-refractivity contribution in [1.82, 2.24) is 9.78 Å². The number of rotatable bonds is 1. The van der Waals surface area contributed by atoms with Crippen LogP contribution in [0, 0.1) is 0 Å². The van der Waals surface area contributed by atoms with Crippen LogP contribution < -0.4 is 5.32 Å². The van der Waals surface area contributed by atoms with E-state index in [1.54, 1.807) is 16.4 Å². The van der Waals surface area contributed by atoms with Gasteiger partial charge in [-0.25, -0.2) is 0 Å². The predicted molar refractivity (Wildman–Crippen MR) is 60.8 cm³/mol. The van der Waals surface area contributed by atoms with Crippen molar-refractivity contribution in [1.29, 1.82) is 0 Å². The Morgan fingerprint density at radius 2 is 2.50 bits per heavy atom. The second kappa shape index (κ2) is 4.04. The topological polar surface area (TPSA) is 42.2 Å². The first-order valence-electron chi connectivity index (χ1n) is 4.70. The van der Waals surface area contributed by atoms with Crippen LogP contribution in [0.25, 0.3) is 0 Å². The van der Waals surface area contributed by atoms with Gasteiger partial charge in [-0.15, -0.1) is 0 Å². The van der Waals surface area contributed by atoms with Crippen LogP contribution in [-0.2, 0) is 7.05 Å². The van der Waals surface area contributed by atoms with Crippen LogP contribution in [-0.4, -0.2) is 26.7 Å². The lowest BCUT2D eigenvalue weighted by molar-refractivity contribution is 0.720. The number of anilines is 1. The van der Waals surface area contributed by atoms with Crippen LogP contribution in [0.15, 0.2) is 17.4 Å². The third kappa shape index (κ3) is 2.29. The maximum Gasteiger partial charge on any atom is 0.161 e. The lowest BCUT2D eigenvalue weighted by atomic mass is 10.3. The highest BCUT2D eigenvalue weighted by Gasteiger charge is 2.11. The molecule has 1 aliphatic heterocycles. The molecule has 0 aromatic carbocycles. The molecule has 0 saturated carbocycles. The van der Waals surface area contributed by atoms with E-state index in [1.807, 2.05) is 19.4 Å². The van der Waals surface area contributed by atoms with Gasteiger partial charge in [-0.2, -0.15) is 5.10 Å². The van der Waals surface area contributed by atoms with Gasteiger partial charge in [0.25, 0.3) is 0 Å². The van der Waals surface area contributed by atoms with E-state index in [1.165, 1.54) is 6.42 Å². The average molecular weight is 210 g/mol. The Balaban J connectivity index is 2.03. The normalized spacial score (nSPS) is 21.9. The highest BCUT2D eigenvalue weighted by atomic mass is 32.2. The van der Waals surface area contributed by atoms with Crippen LogP contribution in [0.5, 0.6) is 0 Å². The van der Waals surface area contributed by atoms with Crippen molar-refractivity contribution in [3.63, 3.8) is 0 Å². The van der Waals surface area contributed by atoms with E-state index in [2.05, 4.69) is 22.3 Å². The van der Waals surface area contributed by atoms with Crippen molar-refractivity contribution in [3.05, 3.63) is 12.4 Å². The summed E-state index contributed by atoms with van der Waals surface area (Å²) in [6.45, 7) is 2.14. The summed E-state index contributed by atoms with van der Waals surface area (Å²) in [5.74, 6) is 1.15. The van der Waals surface area contributed by atoms with E-state index in [0.29, 0.717) is 6.04 Å². The summed E-state index contributed by atoms with van der Waals surface area (Å²) in [4.78, 5) is 4.52. The van der Waals surface area contributed by atoms with E-state index in [0.717, 1.165) is 16.6 Å². The molecular formula is C9H14N4S. The number of aromatic nitrogens is 2. The van der Waals surface area contributed by atoms with Gasteiger partial charge in [0.15, 0.2) is 5.17 Å². The fourth-order valence-corrected chi connectivity index (χ4v) is 2.40. The molecule has 1 aromatic heterocycles. The number of aliphatic imine (C=N–C) groups is 1. The fourth-order valence-electron chi connectivity index (χ4n) is 1.31. The molecule has 0 saturated heterocycles. The van der Waals surface area contributed by atoms with Gasteiger partial charge in [0, 0.05) is 19.0 Å². The zero-order chi connectivity index (χ0) is 9.97. The molecule has 1 N–H and O–H groups in total. The fraction of sp³-hybridized carbons (Fsp3) is 0.556. The molecule has 0 bridgehead atoms. The highest BCUT2D eigenvalue weighted by Crippen LogP contribution is 2.18. The first kappa shape index (κ1) is 9.58. The van der Waals surface area contributed by atoms with Crippen molar-refractivity contribution in [3.8, 4) is 0 Å². The Hall–Kier alpha value is -0.970. The lowest BCUT2D eigenvalue weighted by Gasteiger charge is -2.16. The zero-order valence-corrected chi connectivity index (χ0v) is 9.21. The third-order valence-electron chi connectivity index (χ3n) is 2.07. The molecule has 0 radical (unpaired) electrons. The zero-order valence-electron chi connectivity index (χ0n) is 8.40. The molecule has 0 aliphatic carbocycles. The molecular weight excluding hydrogens is 196 g/mol. The molecule has 2 rings (SSSR count). The minimum absolute atomic E-state index is 0.440. The number of amidine groups is 1. The number of hydrogen-bond acceptors (Lipinski definition) is 4. The van der Waals surface area contributed by atoms with Crippen LogP contribution in [0.2, 0.25) is 0 Å². The van der Waals surface area contributed by atoms with Crippen molar-refractivity contribution in [2.24, 2.45) is 12.0 Å². The Bertz CT molecular complexity index is 344. The van der Waals surface area contributed by atoms with Gasteiger partial charge in [-0.1, -0.05) is 11.8 Å². The van der Waals surface area contributed by atoms with E-state index in [9.17, 15) is 0 Å². The highest BCUT2D eigenvalue weighted by molar-refractivity contribution is 8.14. The monoisotopic (exact) mass is 210 g/mol. The molecule has 4 nitrogen and oxygen atoms in total. The molecule has 1 atom stereocenters. The van der Waals surface area contributed by atoms with Crippen molar-refractivity contribution in [2.75, 3.05) is 11.1 Å². The molecule has 0 spiro atoms. The van der Waals surface area contributed by atoms with Gasteiger partial charge in [-0.05, 0) is 13.3 Å². The van der Waals surface area contributed by atoms with Gasteiger partial charge in [0.1, 0.15) is 0 Å². The molecule has 1 unspecified atom stereocenters. The van der Waals surface area contributed by atoms with Gasteiger partial charge in [0.2, 0.25) is 0 Å². The molecule has 0 fully saturated rings. The molecule has 14 heavy (non-hydrogen) atoms. The van der Waals surface area contributed by atoms with Gasteiger partial charge in [-0.3, -0.25) is 9.67 Å². The summed E-state index contributed by atoms with van der Waals surface area (Å²) in [5.41, 5.74) is 1.01. The Morgan fingerprint density at radius 3 is 3.14 bits per heavy atom. The Morgan fingerprint density at radius 1 is 1.64 bits per heavy atom. The summed E-state index contributed by atoms with van der Waals surface area (Å²) < 4.78 is 1.78. The molecule has 1 aliphatic rings. The summed E-state index contributed by atoms with van der Waals surface area (Å²) in [6, 6.07) is 0.440. The lowest BCUT2D eigenvalue weighted by Crippen LogP contribution is -2.17. The second-order valence-electron chi connectivity index (χ2n) is 3.45. The SMILES string of the molecule is CC1CCSC(Nc2cnn(C)c2)=N1. The van der Waals surface area contributed by atoms with Gasteiger partial charge < -0.3 is 5.32 Å². The maximum atomic E-state index is 4.52. The standard InChI is InChI=1S/C9H14N4S/c1-7-3-4-14-9(11-7)12-8-5-10-13(2)6-8/h5-7H,3-4H2,1-2H3,(H,11,12). The van der Waals surface area contributed by atoms with Crippen LogP contribution >= 0.6 is 11.8 Å². The summed E-state index contributed by atoms with van der Waals surface area (Å²) in [6.07, 6.45) is 4.92. The minimum atomic E-state index is 0.440. The summed E-state index contributed by atoms with van der Waals surface area (Å²) in [7, 11) is 1.91. The third-order valence-corrected chi connectivity index (χ3v) is 2.99. The maximum absolute atomic E-state index is 4.52. The number of hydrogen-bond donors (Lipinski definition) is 1. The summed E-state index contributed by atoms with van der Waals surface area (Å²) >= 11 is 1.77. The number of thioether (sulfide) groups is 1. The average Bonchev–Trinajstić information content (AvgIpc) is 2.51. The molecule has 76 valence electrons. The summed E-state index contributed by atoms with van der Waals surface area (Å²) in [5, 5.41) is 8.36. The molecule has 2 heterocycles. The van der Waals surface area contributed by atoms with E-state index in [-0.39, 0.29) is 0 Å². The minimum Gasteiger partial charge on any atom is -0.332 e. The predicted octanol–water partition coefficient (Wildman–Crippen LogP) is 1.71. The smallest absolute Gasteiger partial charge is 0.161 e. The van der Waals surface area contributed by atoms with Crippen molar-refractivity contribution in [2.45, 2.75) is 19.4 Å². The molecule has 0 amide bonds. The quantitative estimate of drug-likeness (QED) is 0.767. The number of nitrogens with zero attached hydrogens (tertiary/aromatic N) is 3. The Labute approximate surface area is 87.8 Å². The molecule has 5 heteroatoms. The van der Waals surface area contributed by atoms with Crippen molar-refractivity contribution >= 4 is 22.6 Å². The van der Waals surface area contributed by atoms with Gasteiger partial charge in [0.05, 0.1) is 17.9 Å².